The van der Waals surface area contributed by atoms with Crippen LogP contribution in [-0.4, -0.2) is 62.4 Å². The van der Waals surface area contributed by atoms with Crippen LogP contribution in [0.25, 0.3) is 0 Å². The number of carbonyl (C=O) groups is 1. The molecule has 7 heteroatoms. The normalized spacial score (nSPS) is 15.3. The third kappa shape index (κ3) is 3.87. The minimum Gasteiger partial charge on any atom is -0.383 e. The molecule has 2 rings (SSSR count). The number of amides is 1. The topological polar surface area (TPSA) is 76.6 Å². The zero-order valence-electron chi connectivity index (χ0n) is 11.0. The molecule has 104 valence electrons. The summed E-state index contributed by atoms with van der Waals surface area (Å²) in [7, 11) is 1.59. The molecule has 0 saturated carbocycles. The molecule has 0 atom stereocenters. The molecule has 1 aromatic rings. The average Bonchev–Trinajstić information content (AvgIpc) is 2.48. The van der Waals surface area contributed by atoms with Gasteiger partial charge in [-0.2, -0.15) is 0 Å². The fourth-order valence-corrected chi connectivity index (χ4v) is 1.73. The van der Waals surface area contributed by atoms with Gasteiger partial charge in [-0.3, -0.25) is 4.79 Å². The Labute approximate surface area is 111 Å². The van der Waals surface area contributed by atoms with Crippen molar-refractivity contribution in [2.75, 3.05) is 51.5 Å². The lowest BCUT2D eigenvalue weighted by Crippen LogP contribution is -2.37. The van der Waals surface area contributed by atoms with Crippen molar-refractivity contribution in [3.63, 3.8) is 0 Å². The number of hydrogen-bond acceptors (Lipinski definition) is 6. The van der Waals surface area contributed by atoms with Crippen LogP contribution >= 0.6 is 0 Å². The van der Waals surface area contributed by atoms with Crippen molar-refractivity contribution in [2.24, 2.45) is 0 Å². The van der Waals surface area contributed by atoms with Gasteiger partial charge in [0, 0.05) is 39.1 Å². The van der Waals surface area contributed by atoms with Crippen molar-refractivity contribution in [3.8, 4) is 0 Å². The van der Waals surface area contributed by atoms with Gasteiger partial charge in [0.25, 0.3) is 5.91 Å². The van der Waals surface area contributed by atoms with Crippen LogP contribution in [0.5, 0.6) is 0 Å². The molecule has 7 nitrogen and oxygen atoms in total. The molecule has 0 unspecified atom stereocenters. The van der Waals surface area contributed by atoms with Crippen molar-refractivity contribution in [1.29, 1.82) is 0 Å². The highest BCUT2D eigenvalue weighted by Crippen LogP contribution is 2.09. The molecule has 0 radical (unpaired) electrons. The summed E-state index contributed by atoms with van der Waals surface area (Å²) >= 11 is 0. The summed E-state index contributed by atoms with van der Waals surface area (Å²) in [6.45, 7) is 3.88. The number of anilines is 1. The number of carbonyl (C=O) groups excluding carboxylic acids is 1. The Morgan fingerprint density at radius 1 is 1.42 bits per heavy atom. The SMILES string of the molecule is COCCNC(=O)c1cnc(N2CCOCC2)nc1. The Morgan fingerprint density at radius 2 is 2.11 bits per heavy atom. The summed E-state index contributed by atoms with van der Waals surface area (Å²) in [5.74, 6) is 0.447. The van der Waals surface area contributed by atoms with E-state index in [1.165, 1.54) is 0 Å². The summed E-state index contributed by atoms with van der Waals surface area (Å²) < 4.78 is 10.1. The number of aromatic nitrogens is 2. The first-order valence-electron chi connectivity index (χ1n) is 6.23. The number of nitrogens with zero attached hydrogens (tertiary/aromatic N) is 3. The summed E-state index contributed by atoms with van der Waals surface area (Å²) in [5, 5.41) is 2.72. The molecule has 1 aliphatic heterocycles. The van der Waals surface area contributed by atoms with E-state index in [0.717, 1.165) is 13.1 Å². The maximum Gasteiger partial charge on any atom is 0.254 e. The largest absolute Gasteiger partial charge is 0.383 e. The number of rotatable bonds is 5. The lowest BCUT2D eigenvalue weighted by Gasteiger charge is -2.26. The van der Waals surface area contributed by atoms with Gasteiger partial charge in [-0.05, 0) is 0 Å². The zero-order chi connectivity index (χ0) is 13.5. The van der Waals surface area contributed by atoms with E-state index in [4.69, 9.17) is 9.47 Å². The highest BCUT2D eigenvalue weighted by atomic mass is 16.5. The predicted octanol–water partition coefficient (Wildman–Crippen LogP) is -0.311. The highest BCUT2D eigenvalue weighted by Gasteiger charge is 2.14. The Morgan fingerprint density at radius 3 is 2.74 bits per heavy atom. The van der Waals surface area contributed by atoms with Crippen LogP contribution in [0.3, 0.4) is 0 Å². The zero-order valence-corrected chi connectivity index (χ0v) is 11.0. The number of ether oxygens (including phenoxy) is 2. The molecule has 1 fully saturated rings. The number of nitrogens with one attached hydrogen (secondary N) is 1. The predicted molar refractivity (Wildman–Crippen MR) is 69.3 cm³/mol. The standard InChI is InChI=1S/C12H18N4O3/c1-18-5-2-13-11(17)10-8-14-12(15-9-10)16-3-6-19-7-4-16/h8-9H,2-7H2,1H3,(H,13,17). The second-order valence-corrected chi connectivity index (χ2v) is 4.12. The molecule has 1 saturated heterocycles. The van der Waals surface area contributed by atoms with Gasteiger partial charge in [0.05, 0.1) is 25.4 Å². The molecule has 0 aromatic carbocycles. The van der Waals surface area contributed by atoms with Crippen LogP contribution in [-0.2, 0) is 9.47 Å². The van der Waals surface area contributed by atoms with Crippen LogP contribution in [0.15, 0.2) is 12.4 Å². The molecular formula is C12H18N4O3. The van der Waals surface area contributed by atoms with Gasteiger partial charge >= 0.3 is 0 Å². The molecule has 0 aliphatic carbocycles. The Kier molecular flexibility index (Phi) is 5.05. The molecule has 1 amide bonds. The smallest absolute Gasteiger partial charge is 0.254 e. The van der Waals surface area contributed by atoms with Crippen LogP contribution < -0.4 is 10.2 Å². The summed E-state index contributed by atoms with van der Waals surface area (Å²) in [6, 6.07) is 0. The number of morpholine rings is 1. The summed E-state index contributed by atoms with van der Waals surface area (Å²) in [5.41, 5.74) is 0.452. The maximum absolute atomic E-state index is 11.7. The fraction of sp³-hybridized carbons (Fsp3) is 0.583. The van der Waals surface area contributed by atoms with E-state index < -0.39 is 0 Å². The van der Waals surface area contributed by atoms with Crippen molar-refractivity contribution in [1.82, 2.24) is 15.3 Å². The van der Waals surface area contributed by atoms with Gasteiger partial charge in [-0.15, -0.1) is 0 Å². The summed E-state index contributed by atoms with van der Waals surface area (Å²) in [6.07, 6.45) is 3.08. The second-order valence-electron chi connectivity index (χ2n) is 4.12. The van der Waals surface area contributed by atoms with E-state index in [9.17, 15) is 4.79 Å². The molecule has 19 heavy (non-hydrogen) atoms. The fourth-order valence-electron chi connectivity index (χ4n) is 1.73. The lowest BCUT2D eigenvalue weighted by molar-refractivity contribution is 0.0936. The van der Waals surface area contributed by atoms with E-state index in [2.05, 4.69) is 15.3 Å². The second kappa shape index (κ2) is 7.01. The van der Waals surface area contributed by atoms with Crippen LogP contribution in [0.1, 0.15) is 10.4 Å². The first-order chi connectivity index (χ1) is 9.31. The molecule has 1 N–H and O–H groups in total. The third-order valence-electron chi connectivity index (χ3n) is 2.79. The molecule has 0 spiro atoms. The molecule has 0 bridgehead atoms. The van der Waals surface area contributed by atoms with Gasteiger partial charge in [-0.1, -0.05) is 0 Å². The van der Waals surface area contributed by atoms with Crippen LogP contribution in [0, 0.1) is 0 Å². The first kappa shape index (κ1) is 13.7. The molecule has 1 aliphatic rings. The van der Waals surface area contributed by atoms with E-state index in [1.807, 2.05) is 4.90 Å². The average molecular weight is 266 g/mol. The van der Waals surface area contributed by atoms with Crippen molar-refractivity contribution < 1.29 is 14.3 Å². The van der Waals surface area contributed by atoms with E-state index in [-0.39, 0.29) is 5.91 Å². The van der Waals surface area contributed by atoms with E-state index >= 15 is 0 Å². The van der Waals surface area contributed by atoms with Crippen LogP contribution in [0.4, 0.5) is 5.95 Å². The van der Waals surface area contributed by atoms with Crippen molar-refractivity contribution >= 4 is 11.9 Å². The highest BCUT2D eigenvalue weighted by molar-refractivity contribution is 5.93. The van der Waals surface area contributed by atoms with Gasteiger partial charge in [0.1, 0.15) is 0 Å². The minimum absolute atomic E-state index is 0.189. The first-order valence-corrected chi connectivity index (χ1v) is 6.23. The van der Waals surface area contributed by atoms with Crippen LogP contribution in [0.2, 0.25) is 0 Å². The molecular weight excluding hydrogens is 248 g/mol. The van der Waals surface area contributed by atoms with Gasteiger partial charge in [0.15, 0.2) is 0 Å². The molecule has 2 heterocycles. The van der Waals surface area contributed by atoms with Gasteiger partial charge in [0.2, 0.25) is 5.95 Å². The van der Waals surface area contributed by atoms with Crippen molar-refractivity contribution in [3.05, 3.63) is 18.0 Å². The Hall–Kier alpha value is -1.73. The van der Waals surface area contributed by atoms with Crippen molar-refractivity contribution in [2.45, 2.75) is 0 Å². The Balaban J connectivity index is 1.91. The number of methoxy groups -OCH3 is 1. The van der Waals surface area contributed by atoms with E-state index in [0.29, 0.717) is 37.9 Å². The quantitative estimate of drug-likeness (QED) is 0.737. The lowest BCUT2D eigenvalue weighted by atomic mass is 10.3. The minimum atomic E-state index is -0.189. The maximum atomic E-state index is 11.7. The third-order valence-corrected chi connectivity index (χ3v) is 2.79. The molecule has 1 aromatic heterocycles. The summed E-state index contributed by atoms with van der Waals surface area (Å²) in [4.78, 5) is 22.2. The van der Waals surface area contributed by atoms with E-state index in [1.54, 1.807) is 19.5 Å². The van der Waals surface area contributed by atoms with Gasteiger partial charge < -0.3 is 19.7 Å². The Bertz CT molecular complexity index is 404. The number of hydrogen-bond donors (Lipinski definition) is 1. The monoisotopic (exact) mass is 266 g/mol. The van der Waals surface area contributed by atoms with Gasteiger partial charge in [-0.25, -0.2) is 9.97 Å².